The molecule has 0 spiro atoms. The average Bonchev–Trinajstić information content (AvgIpc) is 2.51. The van der Waals surface area contributed by atoms with Gasteiger partial charge in [-0.25, -0.2) is 9.37 Å². The zero-order valence-corrected chi connectivity index (χ0v) is 19.1. The van der Waals surface area contributed by atoms with Gasteiger partial charge in [0.25, 0.3) is 0 Å². The van der Waals surface area contributed by atoms with Crippen molar-refractivity contribution in [2.45, 2.75) is 71.3 Å². The smallest absolute Gasteiger partial charge is 0.150 e. The molecule has 3 nitrogen and oxygen atoms in total. The predicted molar refractivity (Wildman–Crippen MR) is 109 cm³/mol. The van der Waals surface area contributed by atoms with Crippen LogP contribution in [-0.4, -0.2) is 28.1 Å². The third kappa shape index (κ3) is 4.68. The third-order valence-electron chi connectivity index (χ3n) is 4.61. The second-order valence-electron chi connectivity index (χ2n) is 7.03. The van der Waals surface area contributed by atoms with E-state index in [1.54, 1.807) is 6.92 Å². The first-order valence-electron chi connectivity index (χ1n) is 8.36. The van der Waals surface area contributed by atoms with Gasteiger partial charge in [0.2, 0.25) is 0 Å². The van der Waals surface area contributed by atoms with Crippen molar-refractivity contribution >= 4 is 46.3 Å². The van der Waals surface area contributed by atoms with Gasteiger partial charge in [0.05, 0.1) is 8.07 Å². The topological polar surface area (TPSA) is 48.3 Å². The number of hydrogen-bond donors (Lipinski definition) is 0. The minimum absolute atomic E-state index is 0.212. The standard InChI is InChI=1S/C17H28BrFN2OSSi/c1-8-24(9-2,10-3)13-11-14(18)20-16(15(13)19)12(4)21-23(22)17(5,6)7/h11H,8-10H2,1-7H3/b21-12+/t23-/m0/s1. The number of aromatic nitrogens is 1. The molecule has 24 heavy (non-hydrogen) atoms. The summed E-state index contributed by atoms with van der Waals surface area (Å²) in [6.45, 7) is 13.6. The van der Waals surface area contributed by atoms with Crippen LogP contribution in [0.25, 0.3) is 0 Å². The van der Waals surface area contributed by atoms with E-state index in [-0.39, 0.29) is 11.5 Å². The van der Waals surface area contributed by atoms with Crippen LogP contribution in [0.15, 0.2) is 15.1 Å². The molecule has 7 heteroatoms. The van der Waals surface area contributed by atoms with Crippen molar-refractivity contribution in [3.05, 3.63) is 22.2 Å². The van der Waals surface area contributed by atoms with Gasteiger partial charge < -0.3 is 4.55 Å². The van der Waals surface area contributed by atoms with Crippen LogP contribution in [0.4, 0.5) is 4.39 Å². The summed E-state index contributed by atoms with van der Waals surface area (Å²) in [5.74, 6) is -0.289. The van der Waals surface area contributed by atoms with E-state index >= 15 is 4.39 Å². The SMILES string of the molecule is CC[Si](CC)(CC)c1cc(Br)nc(/C(C)=N/[S@@+]([O-])C(C)(C)C)c1F. The number of pyridine rings is 1. The first-order valence-corrected chi connectivity index (χ1v) is 12.9. The highest BCUT2D eigenvalue weighted by atomic mass is 79.9. The Balaban J connectivity index is 3.51. The van der Waals surface area contributed by atoms with E-state index < -0.39 is 24.2 Å². The Morgan fingerprint density at radius 2 is 1.79 bits per heavy atom. The fourth-order valence-electron chi connectivity index (χ4n) is 2.75. The zero-order valence-electron chi connectivity index (χ0n) is 15.7. The van der Waals surface area contributed by atoms with E-state index in [1.807, 2.05) is 26.8 Å². The fraction of sp³-hybridized carbons (Fsp3) is 0.647. The summed E-state index contributed by atoms with van der Waals surface area (Å²) in [5.41, 5.74) is 0.596. The Labute approximate surface area is 158 Å². The van der Waals surface area contributed by atoms with Crippen LogP contribution in [0.5, 0.6) is 0 Å². The molecule has 0 aliphatic carbocycles. The quantitative estimate of drug-likeness (QED) is 0.274. The molecule has 1 atom stereocenters. The monoisotopic (exact) mass is 434 g/mol. The molecule has 0 saturated heterocycles. The maximum absolute atomic E-state index is 15.3. The van der Waals surface area contributed by atoms with E-state index in [2.05, 4.69) is 46.1 Å². The zero-order chi connectivity index (χ0) is 18.7. The Hall–Kier alpha value is -0.243. The van der Waals surface area contributed by atoms with Crippen molar-refractivity contribution in [2.24, 2.45) is 4.40 Å². The van der Waals surface area contributed by atoms with E-state index in [1.165, 1.54) is 0 Å². The van der Waals surface area contributed by atoms with Crippen molar-refractivity contribution < 1.29 is 8.94 Å². The molecule has 1 aromatic heterocycles. The van der Waals surface area contributed by atoms with Crippen molar-refractivity contribution in [1.82, 2.24) is 4.98 Å². The van der Waals surface area contributed by atoms with Crippen LogP contribution in [0.3, 0.4) is 0 Å². The van der Waals surface area contributed by atoms with Gasteiger partial charge in [-0.15, -0.1) is 0 Å². The molecule has 0 radical (unpaired) electrons. The van der Waals surface area contributed by atoms with Crippen LogP contribution in [-0.2, 0) is 11.4 Å². The van der Waals surface area contributed by atoms with Gasteiger partial charge in [-0.1, -0.05) is 43.3 Å². The maximum Gasteiger partial charge on any atom is 0.150 e. The van der Waals surface area contributed by atoms with Gasteiger partial charge in [-0.05, 0) is 54.9 Å². The summed E-state index contributed by atoms with van der Waals surface area (Å²) in [5, 5.41) is 0.794. The minimum atomic E-state index is -1.90. The molecule has 0 aromatic carbocycles. The van der Waals surface area contributed by atoms with Crippen molar-refractivity contribution in [3.8, 4) is 0 Å². The van der Waals surface area contributed by atoms with E-state index in [0.29, 0.717) is 10.3 Å². The lowest BCUT2D eigenvalue weighted by Crippen LogP contribution is -2.48. The predicted octanol–water partition coefficient (Wildman–Crippen LogP) is 4.97. The van der Waals surface area contributed by atoms with Crippen molar-refractivity contribution in [2.75, 3.05) is 0 Å². The van der Waals surface area contributed by atoms with Crippen LogP contribution in [0.2, 0.25) is 18.1 Å². The third-order valence-corrected chi connectivity index (χ3v) is 12.1. The molecule has 0 bridgehead atoms. The van der Waals surface area contributed by atoms with Gasteiger partial charge in [-0.2, -0.15) is 0 Å². The Morgan fingerprint density at radius 3 is 2.21 bits per heavy atom. The van der Waals surface area contributed by atoms with E-state index in [4.69, 9.17) is 0 Å². The molecule has 0 aliphatic rings. The molecule has 1 rings (SSSR count). The maximum atomic E-state index is 15.3. The molecule has 0 aliphatic heterocycles. The molecular weight excluding hydrogens is 407 g/mol. The fourth-order valence-corrected chi connectivity index (χ4v) is 7.65. The molecule has 0 amide bonds. The number of halogens is 2. The summed E-state index contributed by atoms with van der Waals surface area (Å²) < 4.78 is 31.9. The highest BCUT2D eigenvalue weighted by Crippen LogP contribution is 2.25. The van der Waals surface area contributed by atoms with Gasteiger partial charge >= 0.3 is 0 Å². The minimum Gasteiger partial charge on any atom is -0.591 e. The first-order chi connectivity index (χ1) is 11.0. The average molecular weight is 435 g/mol. The number of nitrogens with zero attached hydrogens (tertiary/aromatic N) is 2. The summed E-state index contributed by atoms with van der Waals surface area (Å²) >= 11 is 1.98. The van der Waals surface area contributed by atoms with Crippen LogP contribution in [0.1, 0.15) is 54.2 Å². The number of hydrogen-bond acceptors (Lipinski definition) is 3. The summed E-state index contributed by atoms with van der Waals surface area (Å²) in [7, 11) is -1.90. The molecule has 1 heterocycles. The van der Waals surface area contributed by atoms with E-state index in [9.17, 15) is 4.55 Å². The highest BCUT2D eigenvalue weighted by molar-refractivity contribution is 9.10. The largest absolute Gasteiger partial charge is 0.591 e. The van der Waals surface area contributed by atoms with Crippen LogP contribution < -0.4 is 5.19 Å². The van der Waals surface area contributed by atoms with Gasteiger partial charge in [-0.3, -0.25) is 0 Å². The first kappa shape index (κ1) is 21.8. The summed E-state index contributed by atoms with van der Waals surface area (Å²) in [6.07, 6.45) is 0. The number of rotatable bonds is 6. The van der Waals surface area contributed by atoms with Gasteiger partial charge in [0.1, 0.15) is 37.9 Å². The molecule has 0 N–H and O–H groups in total. The molecule has 0 saturated carbocycles. The molecule has 0 fully saturated rings. The van der Waals surface area contributed by atoms with Crippen molar-refractivity contribution in [1.29, 1.82) is 0 Å². The van der Waals surface area contributed by atoms with Crippen molar-refractivity contribution in [3.63, 3.8) is 0 Å². The van der Waals surface area contributed by atoms with E-state index in [0.717, 1.165) is 23.3 Å². The summed E-state index contributed by atoms with van der Waals surface area (Å²) in [6, 6.07) is 4.78. The molecule has 0 unspecified atom stereocenters. The van der Waals surface area contributed by atoms with Gasteiger partial charge in [0.15, 0.2) is 0 Å². The molecular formula is C17H28BrFN2OSSi. The van der Waals surface area contributed by atoms with Gasteiger partial charge in [0, 0.05) is 0 Å². The second-order valence-corrected chi connectivity index (χ2v) is 15.0. The lowest BCUT2D eigenvalue weighted by molar-refractivity contribution is 0.561. The van der Waals surface area contributed by atoms with Crippen LogP contribution >= 0.6 is 15.9 Å². The van der Waals surface area contributed by atoms with Crippen LogP contribution in [0, 0.1) is 5.82 Å². The normalized spacial score (nSPS) is 14.8. The highest BCUT2D eigenvalue weighted by Gasteiger charge is 2.34. The lowest BCUT2D eigenvalue weighted by Gasteiger charge is -2.29. The Kier molecular flexibility index (Phi) is 7.65. The Bertz CT molecular complexity index is 607. The second kappa shape index (κ2) is 8.43. The summed E-state index contributed by atoms with van der Waals surface area (Å²) in [4.78, 5) is 4.28. The molecule has 1 aromatic rings. The Morgan fingerprint density at radius 1 is 1.29 bits per heavy atom. The molecule has 136 valence electrons. The lowest BCUT2D eigenvalue weighted by atomic mass is 10.2.